The average Bonchev–Trinajstić information content (AvgIpc) is 2.74. The molecular weight excluding hydrogens is 212 g/mol. The lowest BCUT2D eigenvalue weighted by Crippen LogP contribution is -2.14. The molecule has 0 saturated heterocycles. The first kappa shape index (κ1) is 11.1. The molecule has 1 saturated carbocycles. The van der Waals surface area contributed by atoms with E-state index in [1.807, 2.05) is 0 Å². The summed E-state index contributed by atoms with van der Waals surface area (Å²) in [5.41, 5.74) is 5.28. The molecular formula is C11H15F2N3. The van der Waals surface area contributed by atoms with Crippen molar-refractivity contribution < 1.29 is 8.78 Å². The molecule has 1 aromatic rings. The molecule has 2 rings (SSSR count). The Kier molecular flexibility index (Phi) is 3.22. The number of aromatic nitrogens is 1. The van der Waals surface area contributed by atoms with Gasteiger partial charge in [-0.3, -0.25) is 0 Å². The molecule has 3 N–H and O–H groups in total. The lowest BCUT2D eigenvalue weighted by molar-refractivity contribution is 0.561. The predicted octanol–water partition coefficient (Wildman–Crippen LogP) is 2.54. The summed E-state index contributed by atoms with van der Waals surface area (Å²) < 4.78 is 26.1. The molecule has 3 nitrogen and oxygen atoms in total. The van der Waals surface area contributed by atoms with Crippen molar-refractivity contribution in [1.29, 1.82) is 0 Å². The monoisotopic (exact) mass is 227 g/mol. The zero-order valence-electron chi connectivity index (χ0n) is 8.97. The van der Waals surface area contributed by atoms with Gasteiger partial charge in [-0.25, -0.2) is 13.8 Å². The largest absolute Gasteiger partial charge is 0.381 e. The van der Waals surface area contributed by atoms with Gasteiger partial charge in [-0.15, -0.1) is 0 Å². The van der Waals surface area contributed by atoms with Crippen molar-refractivity contribution in [3.05, 3.63) is 17.7 Å². The third-order valence-electron chi connectivity index (χ3n) is 2.99. The van der Waals surface area contributed by atoms with E-state index in [-0.39, 0.29) is 11.6 Å². The van der Waals surface area contributed by atoms with Crippen molar-refractivity contribution in [1.82, 2.24) is 4.98 Å². The minimum Gasteiger partial charge on any atom is -0.381 e. The molecule has 0 spiro atoms. The van der Waals surface area contributed by atoms with Crippen LogP contribution in [0.3, 0.4) is 0 Å². The van der Waals surface area contributed by atoms with Crippen LogP contribution in [0.25, 0.3) is 0 Å². The number of hydrogen-bond donors (Lipinski definition) is 2. The van der Waals surface area contributed by atoms with Gasteiger partial charge >= 0.3 is 0 Å². The van der Waals surface area contributed by atoms with Gasteiger partial charge in [0.1, 0.15) is 0 Å². The van der Waals surface area contributed by atoms with Crippen LogP contribution in [0.4, 0.5) is 20.4 Å². The van der Waals surface area contributed by atoms with E-state index in [4.69, 9.17) is 5.73 Å². The lowest BCUT2D eigenvalue weighted by Gasteiger charge is -2.12. The van der Waals surface area contributed by atoms with Gasteiger partial charge in [0.05, 0.1) is 0 Å². The summed E-state index contributed by atoms with van der Waals surface area (Å²) in [7, 11) is 0. The summed E-state index contributed by atoms with van der Waals surface area (Å²) in [5.74, 6) is -1.16. The fourth-order valence-corrected chi connectivity index (χ4v) is 2.06. The van der Waals surface area contributed by atoms with Crippen LogP contribution in [0.15, 0.2) is 6.07 Å². The average molecular weight is 227 g/mol. The molecule has 0 aromatic carbocycles. The molecule has 0 unspecified atom stereocenters. The maximum Gasteiger partial charge on any atom is 0.168 e. The number of hydrogen-bond acceptors (Lipinski definition) is 3. The number of nitrogens with zero attached hydrogens (tertiary/aromatic N) is 1. The van der Waals surface area contributed by atoms with E-state index in [1.54, 1.807) is 0 Å². The Bertz CT molecular complexity index is 376. The number of nitrogen functional groups attached to an aromatic ring is 1. The molecule has 88 valence electrons. The molecule has 0 aliphatic heterocycles. The second-order valence-electron chi connectivity index (χ2n) is 4.22. The second-order valence-corrected chi connectivity index (χ2v) is 4.22. The molecule has 0 amide bonds. The molecule has 1 heterocycles. The highest BCUT2D eigenvalue weighted by atomic mass is 19.1. The molecule has 5 heteroatoms. The van der Waals surface area contributed by atoms with E-state index in [9.17, 15) is 8.78 Å². The highest BCUT2D eigenvalue weighted by Crippen LogP contribution is 2.25. The molecule has 0 radical (unpaired) electrons. The third-order valence-corrected chi connectivity index (χ3v) is 2.99. The van der Waals surface area contributed by atoms with Crippen molar-refractivity contribution in [2.24, 2.45) is 5.92 Å². The number of nitrogens with one attached hydrogen (secondary N) is 1. The number of rotatable bonds is 3. The van der Waals surface area contributed by atoms with Crippen molar-refractivity contribution in [3.8, 4) is 0 Å². The normalized spacial score (nSPS) is 16.6. The molecule has 1 fully saturated rings. The smallest absolute Gasteiger partial charge is 0.168 e. The SMILES string of the molecule is Nc1nc(NCC2CCCC2)c(F)cc1F. The summed E-state index contributed by atoms with van der Waals surface area (Å²) in [4.78, 5) is 3.65. The topological polar surface area (TPSA) is 50.9 Å². The lowest BCUT2D eigenvalue weighted by atomic mass is 10.1. The highest BCUT2D eigenvalue weighted by molar-refractivity contribution is 5.44. The van der Waals surface area contributed by atoms with Crippen LogP contribution in [0.2, 0.25) is 0 Å². The van der Waals surface area contributed by atoms with Crippen molar-refractivity contribution in [2.75, 3.05) is 17.6 Å². The Hall–Kier alpha value is -1.39. The van der Waals surface area contributed by atoms with Gasteiger partial charge in [0, 0.05) is 12.6 Å². The van der Waals surface area contributed by atoms with Crippen LogP contribution >= 0.6 is 0 Å². The van der Waals surface area contributed by atoms with Crippen molar-refractivity contribution in [2.45, 2.75) is 25.7 Å². The fraction of sp³-hybridized carbons (Fsp3) is 0.545. The van der Waals surface area contributed by atoms with Crippen LogP contribution in [0.1, 0.15) is 25.7 Å². The predicted molar refractivity (Wildman–Crippen MR) is 59.0 cm³/mol. The summed E-state index contributed by atoms with van der Waals surface area (Å²) in [6.45, 7) is 0.676. The molecule has 0 atom stereocenters. The fourth-order valence-electron chi connectivity index (χ4n) is 2.06. The van der Waals surface area contributed by atoms with E-state index in [0.717, 1.165) is 18.9 Å². The Morgan fingerprint density at radius 2 is 2.00 bits per heavy atom. The molecule has 1 aliphatic rings. The summed E-state index contributed by atoms with van der Waals surface area (Å²) >= 11 is 0. The molecule has 1 aromatic heterocycles. The zero-order valence-corrected chi connectivity index (χ0v) is 8.97. The number of anilines is 2. The summed E-state index contributed by atoms with van der Waals surface area (Å²) in [6.07, 6.45) is 4.78. The van der Waals surface area contributed by atoms with Gasteiger partial charge in [0.25, 0.3) is 0 Å². The van der Waals surface area contributed by atoms with Gasteiger partial charge in [0.2, 0.25) is 0 Å². The van der Waals surface area contributed by atoms with E-state index >= 15 is 0 Å². The summed E-state index contributed by atoms with van der Waals surface area (Å²) in [5, 5.41) is 2.89. The Balaban J connectivity index is 2.00. The Morgan fingerprint density at radius 1 is 1.31 bits per heavy atom. The van der Waals surface area contributed by atoms with Crippen LogP contribution in [0.5, 0.6) is 0 Å². The number of pyridine rings is 1. The van der Waals surface area contributed by atoms with Crippen LogP contribution in [-0.4, -0.2) is 11.5 Å². The van der Waals surface area contributed by atoms with Crippen molar-refractivity contribution in [3.63, 3.8) is 0 Å². The first-order chi connectivity index (χ1) is 7.66. The van der Waals surface area contributed by atoms with Gasteiger partial charge in [-0.1, -0.05) is 12.8 Å². The maximum atomic E-state index is 13.3. The highest BCUT2D eigenvalue weighted by Gasteiger charge is 2.16. The van der Waals surface area contributed by atoms with E-state index < -0.39 is 11.6 Å². The third kappa shape index (κ3) is 2.40. The van der Waals surface area contributed by atoms with Gasteiger partial charge in [0.15, 0.2) is 23.3 Å². The van der Waals surface area contributed by atoms with E-state index in [1.165, 1.54) is 12.8 Å². The molecule has 0 bridgehead atoms. The zero-order chi connectivity index (χ0) is 11.5. The molecule has 1 aliphatic carbocycles. The van der Waals surface area contributed by atoms with Crippen LogP contribution < -0.4 is 11.1 Å². The van der Waals surface area contributed by atoms with E-state index in [0.29, 0.717) is 12.5 Å². The minimum absolute atomic E-state index is 0.0470. The summed E-state index contributed by atoms with van der Waals surface area (Å²) in [6, 6.07) is 0.763. The minimum atomic E-state index is -0.816. The molecule has 16 heavy (non-hydrogen) atoms. The van der Waals surface area contributed by atoms with Crippen molar-refractivity contribution >= 4 is 11.6 Å². The second kappa shape index (κ2) is 4.63. The van der Waals surface area contributed by atoms with Gasteiger partial charge in [-0.2, -0.15) is 0 Å². The first-order valence-corrected chi connectivity index (χ1v) is 5.52. The Labute approximate surface area is 93.1 Å². The maximum absolute atomic E-state index is 13.3. The standard InChI is InChI=1S/C11H15F2N3/c12-8-5-9(13)11(16-10(8)14)15-6-7-3-1-2-4-7/h5,7H,1-4,6H2,(H3,14,15,16). The number of nitrogens with two attached hydrogens (primary N) is 1. The van der Waals surface area contributed by atoms with Gasteiger partial charge < -0.3 is 11.1 Å². The van der Waals surface area contributed by atoms with Crippen LogP contribution in [0, 0.1) is 17.6 Å². The van der Waals surface area contributed by atoms with Crippen LogP contribution in [-0.2, 0) is 0 Å². The number of halogens is 2. The Morgan fingerprint density at radius 3 is 2.69 bits per heavy atom. The van der Waals surface area contributed by atoms with Gasteiger partial charge in [-0.05, 0) is 18.8 Å². The van der Waals surface area contributed by atoms with E-state index in [2.05, 4.69) is 10.3 Å². The first-order valence-electron chi connectivity index (χ1n) is 5.52. The quantitative estimate of drug-likeness (QED) is 0.834.